The van der Waals surface area contributed by atoms with Crippen LogP contribution in [0.15, 0.2) is 30.3 Å². The van der Waals surface area contributed by atoms with Crippen LogP contribution in [-0.4, -0.2) is 60.4 Å². The Labute approximate surface area is 150 Å². The summed E-state index contributed by atoms with van der Waals surface area (Å²) in [4.78, 5) is 29.0. The Hall–Kier alpha value is -1.88. The first kappa shape index (κ1) is 17.9. The smallest absolute Gasteiger partial charge is 0.240 e. The van der Waals surface area contributed by atoms with Crippen molar-refractivity contribution in [3.05, 3.63) is 35.9 Å². The Morgan fingerprint density at radius 1 is 1.24 bits per heavy atom. The van der Waals surface area contributed by atoms with E-state index in [9.17, 15) is 9.59 Å². The summed E-state index contributed by atoms with van der Waals surface area (Å²) >= 11 is 0. The van der Waals surface area contributed by atoms with Gasteiger partial charge in [0, 0.05) is 25.6 Å². The highest BCUT2D eigenvalue weighted by atomic mass is 16.2. The molecule has 1 saturated carbocycles. The lowest BCUT2D eigenvalue weighted by atomic mass is 9.75. The third-order valence-corrected chi connectivity index (χ3v) is 5.81. The van der Waals surface area contributed by atoms with Gasteiger partial charge in [-0.2, -0.15) is 0 Å². The number of benzene rings is 1. The number of hydrogen-bond acceptors (Lipinski definition) is 3. The molecule has 0 aromatic heterocycles. The number of aryl methyl sites for hydroxylation is 1. The van der Waals surface area contributed by atoms with Gasteiger partial charge in [0.25, 0.3) is 0 Å². The molecule has 1 aromatic carbocycles. The van der Waals surface area contributed by atoms with Crippen LogP contribution in [-0.2, 0) is 16.0 Å². The lowest BCUT2D eigenvalue weighted by Gasteiger charge is -2.45. The van der Waals surface area contributed by atoms with E-state index in [1.807, 2.05) is 42.1 Å². The van der Waals surface area contributed by atoms with Crippen LogP contribution in [0.25, 0.3) is 0 Å². The van der Waals surface area contributed by atoms with Gasteiger partial charge >= 0.3 is 0 Å². The first-order valence-electron chi connectivity index (χ1n) is 9.31. The van der Waals surface area contributed by atoms with Crippen molar-refractivity contribution in [2.45, 2.75) is 50.1 Å². The van der Waals surface area contributed by atoms with Crippen LogP contribution in [0.4, 0.5) is 0 Å². The molecule has 2 fully saturated rings. The molecule has 3 rings (SSSR count). The van der Waals surface area contributed by atoms with Crippen LogP contribution in [0.3, 0.4) is 0 Å². The molecule has 5 nitrogen and oxygen atoms in total. The Morgan fingerprint density at radius 2 is 1.96 bits per heavy atom. The standard InChI is InChI=1S/C20H29N3O2/c1-22(2)20(12-6-13-20)19(25)21-17-11-14-23(15-17)18(24)10-9-16-7-4-3-5-8-16/h3-5,7-8,17H,6,9-15H2,1-2H3,(H,21,25)/t17-/m0/s1. The second-order valence-corrected chi connectivity index (χ2v) is 7.56. The van der Waals surface area contributed by atoms with E-state index < -0.39 is 0 Å². The number of rotatable bonds is 6. The number of nitrogens with zero attached hydrogens (tertiary/aromatic N) is 2. The summed E-state index contributed by atoms with van der Waals surface area (Å²) in [5.74, 6) is 0.318. The minimum absolute atomic E-state index is 0.0885. The first-order chi connectivity index (χ1) is 12.0. The predicted molar refractivity (Wildman–Crippen MR) is 98.2 cm³/mol. The van der Waals surface area contributed by atoms with E-state index in [1.165, 1.54) is 5.56 Å². The normalized spacial score (nSPS) is 21.9. The monoisotopic (exact) mass is 343 g/mol. The van der Waals surface area contributed by atoms with Crippen LogP contribution in [0, 0.1) is 0 Å². The molecule has 1 heterocycles. The molecule has 25 heavy (non-hydrogen) atoms. The summed E-state index contributed by atoms with van der Waals surface area (Å²) < 4.78 is 0. The molecular formula is C20H29N3O2. The van der Waals surface area contributed by atoms with Gasteiger partial charge in [0.15, 0.2) is 0 Å². The molecular weight excluding hydrogens is 314 g/mol. The van der Waals surface area contributed by atoms with Crippen LogP contribution >= 0.6 is 0 Å². The highest BCUT2D eigenvalue weighted by molar-refractivity contribution is 5.87. The number of hydrogen-bond donors (Lipinski definition) is 1. The Bertz CT molecular complexity index is 611. The number of carbonyl (C=O) groups excluding carboxylic acids is 2. The zero-order valence-corrected chi connectivity index (χ0v) is 15.3. The lowest BCUT2D eigenvalue weighted by molar-refractivity contribution is -0.138. The molecule has 5 heteroatoms. The van der Waals surface area contributed by atoms with E-state index in [1.54, 1.807) is 0 Å². The van der Waals surface area contributed by atoms with Crippen LogP contribution in [0.5, 0.6) is 0 Å². The maximum absolute atomic E-state index is 12.7. The highest BCUT2D eigenvalue weighted by Crippen LogP contribution is 2.36. The van der Waals surface area contributed by atoms with Crippen molar-refractivity contribution in [2.24, 2.45) is 0 Å². The molecule has 0 radical (unpaired) electrons. The molecule has 0 spiro atoms. The summed E-state index contributed by atoms with van der Waals surface area (Å²) in [5.41, 5.74) is 0.864. The molecule has 2 amide bonds. The second kappa shape index (κ2) is 7.56. The van der Waals surface area contributed by atoms with Gasteiger partial charge in [-0.15, -0.1) is 0 Å². The highest BCUT2D eigenvalue weighted by Gasteiger charge is 2.46. The van der Waals surface area contributed by atoms with Gasteiger partial charge in [0.1, 0.15) is 0 Å². The van der Waals surface area contributed by atoms with Gasteiger partial charge in [-0.05, 0) is 51.8 Å². The maximum Gasteiger partial charge on any atom is 0.240 e. The number of amides is 2. The molecule has 136 valence electrons. The summed E-state index contributed by atoms with van der Waals surface area (Å²) in [7, 11) is 3.96. The molecule has 1 N–H and O–H groups in total. The van der Waals surface area contributed by atoms with Gasteiger partial charge in [-0.25, -0.2) is 0 Å². The molecule has 0 unspecified atom stereocenters. The minimum atomic E-state index is -0.329. The van der Waals surface area contributed by atoms with Crippen LogP contribution < -0.4 is 5.32 Å². The summed E-state index contributed by atoms with van der Waals surface area (Å²) in [6.07, 6.45) is 5.13. The van der Waals surface area contributed by atoms with Crippen LogP contribution in [0.1, 0.15) is 37.7 Å². The minimum Gasteiger partial charge on any atom is -0.350 e. The predicted octanol–water partition coefficient (Wildman–Crippen LogP) is 1.82. The van der Waals surface area contributed by atoms with Gasteiger partial charge in [0.05, 0.1) is 5.54 Å². The SMILES string of the molecule is CN(C)C1(C(=O)N[C@H]2CCN(C(=O)CCc3ccccc3)C2)CCC1. The lowest BCUT2D eigenvalue weighted by Crippen LogP contribution is -2.62. The average molecular weight is 343 g/mol. The Morgan fingerprint density at radius 3 is 2.56 bits per heavy atom. The maximum atomic E-state index is 12.7. The van der Waals surface area contributed by atoms with Crippen LogP contribution in [0.2, 0.25) is 0 Å². The number of nitrogens with one attached hydrogen (secondary N) is 1. The number of carbonyl (C=O) groups is 2. The Balaban J connectivity index is 1.46. The first-order valence-corrected chi connectivity index (χ1v) is 9.31. The van der Waals surface area contributed by atoms with Gasteiger partial charge in [-0.3, -0.25) is 14.5 Å². The number of likely N-dealkylation sites (tertiary alicyclic amines) is 1. The fourth-order valence-corrected chi connectivity index (χ4v) is 3.87. The van der Waals surface area contributed by atoms with Gasteiger partial charge in [0.2, 0.25) is 11.8 Å². The van der Waals surface area contributed by atoms with Gasteiger partial charge in [-0.1, -0.05) is 30.3 Å². The van der Waals surface area contributed by atoms with E-state index >= 15 is 0 Å². The zero-order valence-electron chi connectivity index (χ0n) is 15.3. The molecule has 1 aliphatic carbocycles. The van der Waals surface area contributed by atoms with E-state index in [2.05, 4.69) is 17.4 Å². The van der Waals surface area contributed by atoms with Crippen molar-refractivity contribution >= 4 is 11.8 Å². The topological polar surface area (TPSA) is 52.7 Å². The van der Waals surface area contributed by atoms with Crippen molar-refractivity contribution < 1.29 is 9.59 Å². The molecule has 2 aliphatic rings. The van der Waals surface area contributed by atoms with Crippen molar-refractivity contribution in [1.29, 1.82) is 0 Å². The molecule has 1 atom stereocenters. The van der Waals surface area contributed by atoms with Crippen molar-refractivity contribution in [3.8, 4) is 0 Å². The largest absolute Gasteiger partial charge is 0.350 e. The third-order valence-electron chi connectivity index (χ3n) is 5.81. The summed E-state index contributed by atoms with van der Waals surface area (Å²) in [6.45, 7) is 1.39. The number of likely N-dealkylation sites (N-methyl/N-ethyl adjacent to an activating group) is 1. The molecule has 1 saturated heterocycles. The summed E-state index contributed by atoms with van der Waals surface area (Å²) in [5, 5.41) is 3.19. The van der Waals surface area contributed by atoms with E-state index in [0.717, 1.165) is 38.6 Å². The Kier molecular flexibility index (Phi) is 5.42. The average Bonchev–Trinajstić information content (AvgIpc) is 3.00. The van der Waals surface area contributed by atoms with E-state index in [0.29, 0.717) is 13.0 Å². The fraction of sp³-hybridized carbons (Fsp3) is 0.600. The van der Waals surface area contributed by atoms with Crippen molar-refractivity contribution in [1.82, 2.24) is 15.1 Å². The third kappa shape index (κ3) is 3.87. The summed E-state index contributed by atoms with van der Waals surface area (Å²) in [6, 6.07) is 10.2. The quantitative estimate of drug-likeness (QED) is 0.857. The molecule has 1 aliphatic heterocycles. The van der Waals surface area contributed by atoms with E-state index in [4.69, 9.17) is 0 Å². The second-order valence-electron chi connectivity index (χ2n) is 7.56. The van der Waals surface area contributed by atoms with Crippen molar-refractivity contribution in [3.63, 3.8) is 0 Å². The van der Waals surface area contributed by atoms with Crippen molar-refractivity contribution in [2.75, 3.05) is 27.2 Å². The van der Waals surface area contributed by atoms with E-state index in [-0.39, 0.29) is 23.4 Å². The van der Waals surface area contributed by atoms with Gasteiger partial charge < -0.3 is 10.2 Å². The molecule has 1 aromatic rings. The molecule has 0 bridgehead atoms. The zero-order chi connectivity index (χ0) is 17.9. The fourth-order valence-electron chi connectivity index (χ4n) is 3.87.